The van der Waals surface area contributed by atoms with Gasteiger partial charge in [0.05, 0.1) is 22.9 Å². The summed E-state index contributed by atoms with van der Waals surface area (Å²) in [4.78, 5) is 28.5. The van der Waals surface area contributed by atoms with E-state index < -0.39 is 24.3 Å². The molecule has 0 unspecified atom stereocenters. The number of nitrogens with zero attached hydrogens (tertiary/aromatic N) is 2. The Bertz CT molecular complexity index is 1120. The Morgan fingerprint density at radius 1 is 1.29 bits per heavy atom. The van der Waals surface area contributed by atoms with Crippen LogP contribution in [0.4, 0.5) is 4.39 Å². The summed E-state index contributed by atoms with van der Waals surface area (Å²) in [5.74, 6) is -1.56. The van der Waals surface area contributed by atoms with Crippen molar-refractivity contribution in [2.45, 2.75) is 6.54 Å². The van der Waals surface area contributed by atoms with Gasteiger partial charge in [-0.15, -0.1) is 6.58 Å². The van der Waals surface area contributed by atoms with Gasteiger partial charge in [0.15, 0.2) is 23.0 Å². The van der Waals surface area contributed by atoms with Crippen molar-refractivity contribution < 1.29 is 23.5 Å². The molecule has 0 saturated heterocycles. The molecule has 0 aliphatic heterocycles. The zero-order chi connectivity index (χ0) is 20.1. The van der Waals surface area contributed by atoms with Crippen molar-refractivity contribution in [3.63, 3.8) is 0 Å². The van der Waals surface area contributed by atoms with Crippen molar-refractivity contribution in [3.05, 3.63) is 71.3 Å². The molecule has 0 radical (unpaired) electrons. The molecule has 0 fully saturated rings. The van der Waals surface area contributed by atoms with Crippen LogP contribution in [0.25, 0.3) is 10.2 Å². The highest BCUT2D eigenvalue weighted by molar-refractivity contribution is 7.16. The van der Waals surface area contributed by atoms with Crippen LogP contribution in [-0.2, 0) is 16.1 Å². The fourth-order valence-electron chi connectivity index (χ4n) is 2.55. The maximum Gasteiger partial charge on any atom is 0.337 e. The predicted molar refractivity (Wildman–Crippen MR) is 104 cm³/mol. The quantitative estimate of drug-likeness (QED) is 0.470. The third-order valence-corrected chi connectivity index (χ3v) is 4.86. The van der Waals surface area contributed by atoms with Gasteiger partial charge in [0.1, 0.15) is 0 Å². The molecule has 3 rings (SSSR count). The van der Waals surface area contributed by atoms with Gasteiger partial charge in [0.2, 0.25) is 0 Å². The number of benzene rings is 2. The maximum atomic E-state index is 13.6. The first-order chi connectivity index (χ1) is 13.5. The van der Waals surface area contributed by atoms with Crippen LogP contribution in [0.2, 0.25) is 0 Å². The van der Waals surface area contributed by atoms with Crippen molar-refractivity contribution in [2.75, 3.05) is 13.7 Å². The molecule has 0 aliphatic carbocycles. The highest BCUT2D eigenvalue weighted by Gasteiger charge is 2.12. The lowest BCUT2D eigenvalue weighted by molar-refractivity contribution is -0.120. The SMILES string of the molecule is C=CCn1c(=NC(=O)COc2ccccc2F)sc2cc(C(=O)OC)ccc21. The molecule has 8 heteroatoms. The third kappa shape index (κ3) is 4.17. The van der Waals surface area contributed by atoms with E-state index in [0.717, 1.165) is 10.2 Å². The number of thiazole rings is 1. The van der Waals surface area contributed by atoms with E-state index in [0.29, 0.717) is 16.9 Å². The fourth-order valence-corrected chi connectivity index (χ4v) is 3.65. The lowest BCUT2D eigenvalue weighted by Crippen LogP contribution is -2.19. The number of allylic oxidation sites excluding steroid dienone is 1. The van der Waals surface area contributed by atoms with Crippen LogP contribution in [0.1, 0.15) is 10.4 Å². The third-order valence-electron chi connectivity index (χ3n) is 3.82. The number of amides is 1. The normalized spacial score (nSPS) is 11.4. The van der Waals surface area contributed by atoms with E-state index in [9.17, 15) is 14.0 Å². The molecule has 0 N–H and O–H groups in total. The van der Waals surface area contributed by atoms with Crippen LogP contribution in [0, 0.1) is 5.82 Å². The number of fused-ring (bicyclic) bond motifs is 1. The zero-order valence-electron chi connectivity index (χ0n) is 15.1. The fraction of sp³-hybridized carbons (Fsp3) is 0.150. The summed E-state index contributed by atoms with van der Waals surface area (Å²) in [5, 5.41) is 0. The molecular weight excluding hydrogens is 383 g/mol. The van der Waals surface area contributed by atoms with Crippen LogP contribution >= 0.6 is 11.3 Å². The molecule has 0 spiro atoms. The zero-order valence-corrected chi connectivity index (χ0v) is 15.9. The van der Waals surface area contributed by atoms with Crippen molar-refractivity contribution in [1.29, 1.82) is 0 Å². The average molecular weight is 400 g/mol. The minimum Gasteiger partial charge on any atom is -0.481 e. The number of halogens is 1. The Hall–Kier alpha value is -3.26. The van der Waals surface area contributed by atoms with Gasteiger partial charge in [-0.05, 0) is 30.3 Å². The van der Waals surface area contributed by atoms with Crippen molar-refractivity contribution in [1.82, 2.24) is 4.57 Å². The summed E-state index contributed by atoms with van der Waals surface area (Å²) in [6.45, 7) is 3.76. The van der Waals surface area contributed by atoms with Crippen LogP contribution in [-0.4, -0.2) is 30.2 Å². The van der Waals surface area contributed by atoms with Crippen molar-refractivity contribution in [2.24, 2.45) is 4.99 Å². The van der Waals surface area contributed by atoms with E-state index in [2.05, 4.69) is 11.6 Å². The number of aromatic nitrogens is 1. The molecule has 0 atom stereocenters. The average Bonchev–Trinajstić information content (AvgIpc) is 3.03. The van der Waals surface area contributed by atoms with Crippen LogP contribution in [0.3, 0.4) is 0 Å². The van der Waals surface area contributed by atoms with Gasteiger partial charge in [-0.2, -0.15) is 4.99 Å². The number of hydrogen-bond acceptors (Lipinski definition) is 5. The number of esters is 1. The van der Waals surface area contributed by atoms with E-state index >= 15 is 0 Å². The van der Waals surface area contributed by atoms with Gasteiger partial charge in [-0.25, -0.2) is 9.18 Å². The monoisotopic (exact) mass is 400 g/mol. The Labute approximate surface area is 164 Å². The molecule has 1 heterocycles. The number of carbonyl (C=O) groups excluding carboxylic acids is 2. The summed E-state index contributed by atoms with van der Waals surface area (Å²) in [5.41, 5.74) is 1.21. The van der Waals surface area contributed by atoms with Gasteiger partial charge in [-0.3, -0.25) is 4.79 Å². The second kappa shape index (κ2) is 8.62. The summed E-state index contributed by atoms with van der Waals surface area (Å²) in [7, 11) is 1.31. The van der Waals surface area contributed by atoms with E-state index in [1.807, 2.05) is 0 Å². The van der Waals surface area contributed by atoms with E-state index in [1.165, 1.54) is 36.6 Å². The highest BCUT2D eigenvalue weighted by Crippen LogP contribution is 2.20. The molecule has 3 aromatic rings. The first-order valence-electron chi connectivity index (χ1n) is 8.31. The first-order valence-corrected chi connectivity index (χ1v) is 9.12. The van der Waals surface area contributed by atoms with Gasteiger partial charge in [0, 0.05) is 6.54 Å². The van der Waals surface area contributed by atoms with Gasteiger partial charge < -0.3 is 14.0 Å². The standard InChI is InChI=1S/C20H17FN2O4S/c1-3-10-23-15-9-8-13(19(25)26-2)11-17(15)28-20(23)22-18(24)12-27-16-7-5-4-6-14(16)21/h3-9,11H,1,10,12H2,2H3. The number of ether oxygens (including phenoxy) is 2. The summed E-state index contributed by atoms with van der Waals surface area (Å²) < 4.78 is 26.1. The minimum atomic E-state index is -0.555. The van der Waals surface area contributed by atoms with E-state index in [-0.39, 0.29) is 5.75 Å². The molecule has 0 saturated carbocycles. The van der Waals surface area contributed by atoms with Crippen molar-refractivity contribution >= 4 is 33.4 Å². The lowest BCUT2D eigenvalue weighted by Gasteiger charge is -2.04. The Balaban J connectivity index is 1.92. The second-order valence-electron chi connectivity index (χ2n) is 5.68. The van der Waals surface area contributed by atoms with Gasteiger partial charge in [0.25, 0.3) is 5.91 Å². The van der Waals surface area contributed by atoms with Crippen LogP contribution < -0.4 is 9.54 Å². The molecule has 0 aliphatic rings. The van der Waals surface area contributed by atoms with E-state index in [4.69, 9.17) is 9.47 Å². The Kier molecular flexibility index (Phi) is 6.00. The summed E-state index contributed by atoms with van der Waals surface area (Å²) in [6.07, 6.45) is 1.68. The second-order valence-corrected chi connectivity index (χ2v) is 6.69. The topological polar surface area (TPSA) is 69.9 Å². The largest absolute Gasteiger partial charge is 0.481 e. The molecule has 28 heavy (non-hydrogen) atoms. The molecule has 2 aromatic carbocycles. The number of para-hydroxylation sites is 1. The lowest BCUT2D eigenvalue weighted by atomic mass is 10.2. The van der Waals surface area contributed by atoms with E-state index in [1.54, 1.807) is 34.9 Å². The first kappa shape index (κ1) is 19.5. The number of rotatable bonds is 6. The molecule has 1 amide bonds. The molecule has 6 nitrogen and oxygen atoms in total. The molecule has 1 aromatic heterocycles. The maximum absolute atomic E-state index is 13.6. The Morgan fingerprint density at radius 3 is 2.79 bits per heavy atom. The predicted octanol–water partition coefficient (Wildman–Crippen LogP) is 3.32. The summed E-state index contributed by atoms with van der Waals surface area (Å²) >= 11 is 1.25. The van der Waals surface area contributed by atoms with Crippen LogP contribution in [0.15, 0.2) is 60.1 Å². The summed E-state index contributed by atoms with van der Waals surface area (Å²) in [6, 6.07) is 10.9. The smallest absolute Gasteiger partial charge is 0.337 e. The number of carbonyl (C=O) groups is 2. The number of hydrogen-bond donors (Lipinski definition) is 0. The number of methoxy groups -OCH3 is 1. The van der Waals surface area contributed by atoms with Crippen molar-refractivity contribution in [3.8, 4) is 5.75 Å². The Morgan fingerprint density at radius 2 is 2.07 bits per heavy atom. The molecule has 144 valence electrons. The highest BCUT2D eigenvalue weighted by atomic mass is 32.1. The molecule has 0 bridgehead atoms. The van der Waals surface area contributed by atoms with Gasteiger partial charge >= 0.3 is 5.97 Å². The van der Waals surface area contributed by atoms with Gasteiger partial charge in [-0.1, -0.05) is 29.5 Å². The minimum absolute atomic E-state index is 0.0101. The van der Waals surface area contributed by atoms with Crippen LogP contribution in [0.5, 0.6) is 5.75 Å². The molecular formula is C20H17FN2O4S.